The SMILES string of the molecule is CC(O)CCC(=O)N(C)Cc1csc(Br)c1. The third-order valence-corrected chi connectivity index (χ3v) is 3.80. The van der Waals surface area contributed by atoms with E-state index in [0.29, 0.717) is 19.4 Å². The topological polar surface area (TPSA) is 40.5 Å². The second kappa shape index (κ2) is 6.37. The van der Waals surface area contributed by atoms with Gasteiger partial charge in [0.25, 0.3) is 0 Å². The Morgan fingerprint density at radius 3 is 2.88 bits per heavy atom. The number of rotatable bonds is 5. The number of thiophene rings is 1. The third-order valence-electron chi connectivity index (χ3n) is 2.24. The quantitative estimate of drug-likeness (QED) is 0.908. The number of hydrogen-bond acceptors (Lipinski definition) is 3. The van der Waals surface area contributed by atoms with Crippen LogP contribution >= 0.6 is 27.3 Å². The van der Waals surface area contributed by atoms with Crippen molar-refractivity contribution in [2.45, 2.75) is 32.4 Å². The van der Waals surface area contributed by atoms with E-state index < -0.39 is 6.10 Å². The highest BCUT2D eigenvalue weighted by atomic mass is 79.9. The highest BCUT2D eigenvalue weighted by Crippen LogP contribution is 2.21. The van der Waals surface area contributed by atoms with E-state index in [1.807, 2.05) is 11.4 Å². The van der Waals surface area contributed by atoms with Gasteiger partial charge in [-0.1, -0.05) is 0 Å². The molecule has 16 heavy (non-hydrogen) atoms. The van der Waals surface area contributed by atoms with Crippen molar-refractivity contribution in [1.82, 2.24) is 4.90 Å². The minimum absolute atomic E-state index is 0.0724. The number of halogens is 1. The van der Waals surface area contributed by atoms with E-state index in [1.165, 1.54) is 0 Å². The Morgan fingerprint density at radius 1 is 1.69 bits per heavy atom. The Kier molecular flexibility index (Phi) is 5.44. The first-order chi connectivity index (χ1) is 7.49. The lowest BCUT2D eigenvalue weighted by Crippen LogP contribution is -2.26. The molecular weight excluding hydrogens is 290 g/mol. The molecule has 1 N–H and O–H groups in total. The molecule has 3 nitrogen and oxygen atoms in total. The Hall–Kier alpha value is -0.390. The van der Waals surface area contributed by atoms with Crippen LogP contribution in [0.15, 0.2) is 15.2 Å². The standard InChI is InChI=1S/C11H16BrNO2S/c1-8(14)3-4-11(15)13(2)6-9-5-10(12)16-7-9/h5,7-8,14H,3-4,6H2,1-2H3. The number of aliphatic hydroxyl groups excluding tert-OH is 1. The van der Waals surface area contributed by atoms with Gasteiger partial charge in [0.15, 0.2) is 0 Å². The summed E-state index contributed by atoms with van der Waals surface area (Å²) in [5.41, 5.74) is 1.13. The lowest BCUT2D eigenvalue weighted by Gasteiger charge is -2.16. The summed E-state index contributed by atoms with van der Waals surface area (Å²) < 4.78 is 1.08. The fourth-order valence-electron chi connectivity index (χ4n) is 1.31. The molecule has 1 atom stereocenters. The first-order valence-electron chi connectivity index (χ1n) is 5.14. The second-order valence-electron chi connectivity index (χ2n) is 3.90. The molecule has 0 aliphatic carbocycles. The lowest BCUT2D eigenvalue weighted by atomic mass is 10.2. The first kappa shape index (κ1) is 13.7. The van der Waals surface area contributed by atoms with Crippen molar-refractivity contribution in [2.75, 3.05) is 7.05 Å². The van der Waals surface area contributed by atoms with Crippen LogP contribution in [0.3, 0.4) is 0 Å². The van der Waals surface area contributed by atoms with E-state index in [-0.39, 0.29) is 5.91 Å². The molecule has 1 amide bonds. The summed E-state index contributed by atoms with van der Waals surface area (Å²) in [5.74, 6) is 0.0724. The minimum Gasteiger partial charge on any atom is -0.393 e. The molecule has 0 bridgehead atoms. The molecular formula is C11H16BrNO2S. The van der Waals surface area contributed by atoms with Gasteiger partial charge in [-0.2, -0.15) is 0 Å². The molecule has 0 aliphatic heterocycles. The van der Waals surface area contributed by atoms with Gasteiger partial charge in [0.2, 0.25) is 5.91 Å². The van der Waals surface area contributed by atoms with Gasteiger partial charge in [-0.05, 0) is 46.3 Å². The largest absolute Gasteiger partial charge is 0.393 e. The van der Waals surface area contributed by atoms with E-state index in [4.69, 9.17) is 5.11 Å². The van der Waals surface area contributed by atoms with Gasteiger partial charge in [0, 0.05) is 20.0 Å². The van der Waals surface area contributed by atoms with Crippen LogP contribution in [0, 0.1) is 0 Å². The van der Waals surface area contributed by atoms with Gasteiger partial charge < -0.3 is 10.0 Å². The van der Waals surface area contributed by atoms with Crippen molar-refractivity contribution in [3.8, 4) is 0 Å². The van der Waals surface area contributed by atoms with Gasteiger partial charge in [0.1, 0.15) is 0 Å². The molecule has 0 radical (unpaired) electrons. The predicted octanol–water partition coefficient (Wildman–Crippen LogP) is 2.63. The second-order valence-corrected chi connectivity index (χ2v) is 6.19. The van der Waals surface area contributed by atoms with Gasteiger partial charge >= 0.3 is 0 Å². The zero-order valence-electron chi connectivity index (χ0n) is 9.44. The zero-order valence-corrected chi connectivity index (χ0v) is 11.8. The highest BCUT2D eigenvalue weighted by molar-refractivity contribution is 9.11. The lowest BCUT2D eigenvalue weighted by molar-refractivity contribution is -0.131. The number of amides is 1. The maximum atomic E-state index is 11.7. The van der Waals surface area contributed by atoms with Crippen LogP contribution in [-0.4, -0.2) is 29.1 Å². The Morgan fingerprint density at radius 2 is 2.38 bits per heavy atom. The number of carbonyl (C=O) groups excluding carboxylic acids is 1. The van der Waals surface area contributed by atoms with E-state index in [2.05, 4.69) is 15.9 Å². The molecule has 1 rings (SSSR count). The summed E-state index contributed by atoms with van der Waals surface area (Å²) >= 11 is 5.01. The van der Waals surface area contributed by atoms with E-state index in [1.54, 1.807) is 30.2 Å². The molecule has 5 heteroatoms. The van der Waals surface area contributed by atoms with Gasteiger partial charge in [0.05, 0.1) is 9.89 Å². The monoisotopic (exact) mass is 305 g/mol. The number of hydrogen-bond donors (Lipinski definition) is 1. The zero-order chi connectivity index (χ0) is 12.1. The molecule has 0 aliphatic rings. The number of nitrogens with zero attached hydrogens (tertiary/aromatic N) is 1. The molecule has 0 spiro atoms. The van der Waals surface area contributed by atoms with Crippen LogP contribution < -0.4 is 0 Å². The highest BCUT2D eigenvalue weighted by Gasteiger charge is 2.11. The van der Waals surface area contributed by atoms with Crippen molar-refractivity contribution in [2.24, 2.45) is 0 Å². The molecule has 0 saturated carbocycles. The van der Waals surface area contributed by atoms with Crippen molar-refractivity contribution in [3.05, 3.63) is 20.8 Å². The fraction of sp³-hybridized carbons (Fsp3) is 0.545. The van der Waals surface area contributed by atoms with Crippen molar-refractivity contribution in [3.63, 3.8) is 0 Å². The van der Waals surface area contributed by atoms with Crippen LogP contribution in [0.25, 0.3) is 0 Å². The smallest absolute Gasteiger partial charge is 0.222 e. The Labute approximate surface area is 108 Å². The molecule has 1 aromatic heterocycles. The van der Waals surface area contributed by atoms with Crippen LogP contribution in [0.5, 0.6) is 0 Å². The molecule has 90 valence electrons. The van der Waals surface area contributed by atoms with Crippen molar-refractivity contribution < 1.29 is 9.90 Å². The van der Waals surface area contributed by atoms with E-state index in [0.717, 1.165) is 9.35 Å². The van der Waals surface area contributed by atoms with Crippen LogP contribution in [0.2, 0.25) is 0 Å². The van der Waals surface area contributed by atoms with Crippen molar-refractivity contribution in [1.29, 1.82) is 0 Å². The number of aliphatic hydroxyl groups is 1. The molecule has 0 fully saturated rings. The van der Waals surface area contributed by atoms with E-state index in [9.17, 15) is 4.79 Å². The minimum atomic E-state index is -0.410. The molecule has 1 aromatic rings. The molecule has 0 saturated heterocycles. The number of carbonyl (C=O) groups is 1. The fourth-order valence-corrected chi connectivity index (χ4v) is 2.51. The normalized spacial score (nSPS) is 12.5. The Balaban J connectivity index is 2.39. The summed E-state index contributed by atoms with van der Waals surface area (Å²) in [7, 11) is 1.79. The van der Waals surface area contributed by atoms with Crippen LogP contribution in [0.1, 0.15) is 25.3 Å². The Bertz CT molecular complexity index is 352. The first-order valence-corrected chi connectivity index (χ1v) is 6.81. The summed E-state index contributed by atoms with van der Waals surface area (Å²) in [4.78, 5) is 13.4. The average molecular weight is 306 g/mol. The summed E-state index contributed by atoms with van der Waals surface area (Å²) in [5, 5.41) is 11.1. The maximum Gasteiger partial charge on any atom is 0.222 e. The van der Waals surface area contributed by atoms with Gasteiger partial charge in [-0.15, -0.1) is 11.3 Å². The van der Waals surface area contributed by atoms with Crippen LogP contribution in [0.4, 0.5) is 0 Å². The average Bonchev–Trinajstić information content (AvgIpc) is 2.60. The third kappa shape index (κ3) is 4.63. The summed E-state index contributed by atoms with van der Waals surface area (Å²) in [6.07, 6.45) is 0.517. The summed E-state index contributed by atoms with van der Waals surface area (Å²) in [6.45, 7) is 2.32. The molecule has 0 aromatic carbocycles. The predicted molar refractivity (Wildman–Crippen MR) is 69.4 cm³/mol. The van der Waals surface area contributed by atoms with Gasteiger partial charge in [-0.25, -0.2) is 0 Å². The summed E-state index contributed by atoms with van der Waals surface area (Å²) in [6, 6.07) is 2.02. The molecule has 1 heterocycles. The van der Waals surface area contributed by atoms with E-state index >= 15 is 0 Å². The van der Waals surface area contributed by atoms with Gasteiger partial charge in [-0.3, -0.25) is 4.79 Å². The van der Waals surface area contributed by atoms with Crippen LogP contribution in [-0.2, 0) is 11.3 Å². The van der Waals surface area contributed by atoms with Crippen molar-refractivity contribution >= 4 is 33.2 Å². The maximum absolute atomic E-state index is 11.7. The molecule has 1 unspecified atom stereocenters.